The summed E-state index contributed by atoms with van der Waals surface area (Å²) in [6, 6.07) is 10.0. The molecule has 0 unspecified atom stereocenters. The van der Waals surface area contributed by atoms with Gasteiger partial charge in [-0.25, -0.2) is 0 Å². The van der Waals surface area contributed by atoms with Gasteiger partial charge in [0.15, 0.2) is 5.78 Å². The maximum absolute atomic E-state index is 13.0. The van der Waals surface area contributed by atoms with Gasteiger partial charge >= 0.3 is 0 Å². The fourth-order valence-electron chi connectivity index (χ4n) is 4.15. The maximum Gasteiger partial charge on any atom is 0.256 e. The minimum absolute atomic E-state index is 0.00878. The van der Waals surface area contributed by atoms with Crippen LogP contribution in [-0.4, -0.2) is 28.1 Å². The molecule has 1 aliphatic carbocycles. The molecule has 1 aromatic carbocycles. The number of carbonyl (C=O) groups excluding carboxylic acids is 2. The zero-order valence-corrected chi connectivity index (χ0v) is 14.5. The van der Waals surface area contributed by atoms with Crippen LogP contribution in [0.15, 0.2) is 36.5 Å². The topological polar surface area (TPSA) is 53.2 Å². The summed E-state index contributed by atoms with van der Waals surface area (Å²) in [6.45, 7) is 1.29. The third-order valence-electron chi connectivity index (χ3n) is 5.55. The van der Waals surface area contributed by atoms with Gasteiger partial charge < -0.3 is 9.88 Å². The standard InChI is InChI=1S/C21H24N2O2/c24-20(16-9-5-2-6-10-16)17-13-22-18-11-12-23(21(25)19(17)18)14-15-7-3-1-4-8-15/h1,3-4,7-8,13,16,22H,2,5-6,9-12,14H2. The average molecular weight is 336 g/mol. The number of aromatic nitrogens is 1. The van der Waals surface area contributed by atoms with Gasteiger partial charge in [0.05, 0.1) is 5.56 Å². The summed E-state index contributed by atoms with van der Waals surface area (Å²) in [5, 5.41) is 0. The van der Waals surface area contributed by atoms with Crippen LogP contribution in [0.5, 0.6) is 0 Å². The number of hydrogen-bond donors (Lipinski definition) is 1. The van der Waals surface area contributed by atoms with E-state index in [9.17, 15) is 9.59 Å². The molecule has 1 aromatic heterocycles. The summed E-state index contributed by atoms with van der Waals surface area (Å²) in [7, 11) is 0. The number of fused-ring (bicyclic) bond motifs is 1. The summed E-state index contributed by atoms with van der Waals surface area (Å²) in [5.74, 6) is 0.239. The summed E-state index contributed by atoms with van der Waals surface area (Å²) in [6.07, 6.45) is 7.94. The molecule has 1 amide bonds. The Bertz CT molecular complexity index is 772. The number of amides is 1. The normalized spacial score (nSPS) is 18.2. The van der Waals surface area contributed by atoms with E-state index >= 15 is 0 Å². The third-order valence-corrected chi connectivity index (χ3v) is 5.55. The van der Waals surface area contributed by atoms with Crippen molar-refractivity contribution < 1.29 is 9.59 Å². The Morgan fingerprint density at radius 2 is 1.88 bits per heavy atom. The predicted octanol–water partition coefficient (Wildman–Crippen LogP) is 3.98. The number of H-pyrrole nitrogens is 1. The molecule has 2 aliphatic rings. The van der Waals surface area contributed by atoms with Crippen LogP contribution in [0.1, 0.15) is 64.1 Å². The molecule has 2 aromatic rings. The number of Topliss-reactive ketones (excluding diaryl/α,β-unsaturated/α-hetero) is 1. The minimum atomic E-state index is -0.00878. The lowest BCUT2D eigenvalue weighted by Crippen LogP contribution is -2.37. The largest absolute Gasteiger partial charge is 0.364 e. The average Bonchev–Trinajstić information content (AvgIpc) is 3.10. The molecule has 25 heavy (non-hydrogen) atoms. The van der Waals surface area contributed by atoms with E-state index in [2.05, 4.69) is 4.98 Å². The zero-order valence-electron chi connectivity index (χ0n) is 14.5. The molecule has 2 heterocycles. The molecule has 4 heteroatoms. The Morgan fingerprint density at radius 3 is 2.64 bits per heavy atom. The zero-order chi connectivity index (χ0) is 17.2. The van der Waals surface area contributed by atoms with Gasteiger partial charge in [0, 0.05) is 42.9 Å². The molecule has 1 aliphatic heterocycles. The highest BCUT2D eigenvalue weighted by Gasteiger charge is 2.33. The lowest BCUT2D eigenvalue weighted by molar-refractivity contribution is 0.0718. The highest BCUT2D eigenvalue weighted by molar-refractivity contribution is 6.10. The lowest BCUT2D eigenvalue weighted by atomic mass is 9.83. The molecule has 4 nitrogen and oxygen atoms in total. The van der Waals surface area contributed by atoms with Crippen LogP contribution in [0.4, 0.5) is 0 Å². The van der Waals surface area contributed by atoms with Crippen LogP contribution >= 0.6 is 0 Å². The van der Waals surface area contributed by atoms with E-state index in [1.165, 1.54) is 6.42 Å². The number of rotatable bonds is 4. The van der Waals surface area contributed by atoms with Crippen LogP contribution in [0, 0.1) is 5.92 Å². The highest BCUT2D eigenvalue weighted by Crippen LogP contribution is 2.31. The molecule has 0 bridgehead atoms. The molecular weight excluding hydrogens is 312 g/mol. The van der Waals surface area contributed by atoms with E-state index in [1.54, 1.807) is 6.20 Å². The van der Waals surface area contributed by atoms with Gasteiger partial charge in [-0.1, -0.05) is 49.6 Å². The predicted molar refractivity (Wildman–Crippen MR) is 96.6 cm³/mol. The molecule has 0 atom stereocenters. The first-order valence-corrected chi connectivity index (χ1v) is 9.31. The van der Waals surface area contributed by atoms with Gasteiger partial charge in [0.25, 0.3) is 5.91 Å². The SMILES string of the molecule is O=C(c1c[nH]c2c1C(=O)N(Cc1ccccc1)CC2)C1CCCCC1. The molecule has 0 radical (unpaired) electrons. The quantitative estimate of drug-likeness (QED) is 0.859. The molecule has 130 valence electrons. The summed E-state index contributed by atoms with van der Waals surface area (Å²) < 4.78 is 0. The van der Waals surface area contributed by atoms with Gasteiger partial charge in [-0.3, -0.25) is 9.59 Å². The first-order chi connectivity index (χ1) is 12.2. The van der Waals surface area contributed by atoms with Crippen LogP contribution in [0.25, 0.3) is 0 Å². The Balaban J connectivity index is 1.57. The van der Waals surface area contributed by atoms with Crippen molar-refractivity contribution in [3.05, 3.63) is 58.9 Å². The minimum Gasteiger partial charge on any atom is -0.364 e. The monoisotopic (exact) mass is 336 g/mol. The van der Waals surface area contributed by atoms with Crippen LogP contribution < -0.4 is 0 Å². The van der Waals surface area contributed by atoms with E-state index in [1.807, 2.05) is 35.2 Å². The lowest BCUT2D eigenvalue weighted by Gasteiger charge is -2.28. The van der Waals surface area contributed by atoms with Crippen molar-refractivity contribution in [3.63, 3.8) is 0 Å². The second-order valence-corrected chi connectivity index (χ2v) is 7.22. The second-order valence-electron chi connectivity index (χ2n) is 7.22. The number of carbonyl (C=O) groups is 2. The molecular formula is C21H24N2O2. The van der Waals surface area contributed by atoms with E-state index in [0.717, 1.165) is 43.4 Å². The van der Waals surface area contributed by atoms with Crippen LogP contribution in [0.3, 0.4) is 0 Å². The first-order valence-electron chi connectivity index (χ1n) is 9.31. The molecule has 0 saturated heterocycles. The van der Waals surface area contributed by atoms with Gasteiger partial charge in [-0.05, 0) is 18.4 Å². The van der Waals surface area contributed by atoms with E-state index in [-0.39, 0.29) is 17.6 Å². The van der Waals surface area contributed by atoms with Crippen molar-refractivity contribution in [2.45, 2.75) is 45.1 Å². The first kappa shape index (κ1) is 16.1. The Kier molecular flexibility index (Phi) is 4.43. The van der Waals surface area contributed by atoms with E-state index in [4.69, 9.17) is 0 Å². The summed E-state index contributed by atoms with van der Waals surface area (Å²) >= 11 is 0. The molecule has 1 N–H and O–H groups in total. The van der Waals surface area contributed by atoms with Crippen molar-refractivity contribution in [2.75, 3.05) is 6.54 Å². The Labute approximate surface area is 148 Å². The fourth-order valence-corrected chi connectivity index (χ4v) is 4.15. The van der Waals surface area contributed by atoms with Crippen molar-refractivity contribution in [3.8, 4) is 0 Å². The van der Waals surface area contributed by atoms with Crippen molar-refractivity contribution >= 4 is 11.7 Å². The van der Waals surface area contributed by atoms with Gasteiger partial charge in [-0.2, -0.15) is 0 Å². The molecule has 4 rings (SSSR count). The summed E-state index contributed by atoms with van der Waals surface area (Å²) in [5.41, 5.74) is 3.28. The number of hydrogen-bond acceptors (Lipinski definition) is 2. The highest BCUT2D eigenvalue weighted by atomic mass is 16.2. The van der Waals surface area contributed by atoms with Gasteiger partial charge in [0.2, 0.25) is 0 Å². The van der Waals surface area contributed by atoms with Crippen LogP contribution in [0.2, 0.25) is 0 Å². The van der Waals surface area contributed by atoms with Crippen LogP contribution in [-0.2, 0) is 13.0 Å². The molecule has 1 fully saturated rings. The number of ketones is 1. The van der Waals surface area contributed by atoms with Crippen molar-refractivity contribution in [1.82, 2.24) is 9.88 Å². The smallest absolute Gasteiger partial charge is 0.256 e. The fraction of sp³-hybridized carbons (Fsp3) is 0.429. The number of aromatic amines is 1. The van der Waals surface area contributed by atoms with E-state index in [0.29, 0.717) is 24.2 Å². The third kappa shape index (κ3) is 3.13. The van der Waals surface area contributed by atoms with Gasteiger partial charge in [0.1, 0.15) is 0 Å². The molecule has 1 saturated carbocycles. The van der Waals surface area contributed by atoms with E-state index < -0.39 is 0 Å². The van der Waals surface area contributed by atoms with Crippen molar-refractivity contribution in [1.29, 1.82) is 0 Å². The van der Waals surface area contributed by atoms with Crippen molar-refractivity contribution in [2.24, 2.45) is 5.92 Å². The maximum atomic E-state index is 13.0. The number of nitrogens with one attached hydrogen (secondary N) is 1. The van der Waals surface area contributed by atoms with Gasteiger partial charge in [-0.15, -0.1) is 0 Å². The second kappa shape index (κ2) is 6.87. The molecule has 0 spiro atoms. The number of nitrogens with zero attached hydrogens (tertiary/aromatic N) is 1. The Hall–Kier alpha value is -2.36. The number of benzene rings is 1. The Morgan fingerprint density at radius 1 is 1.12 bits per heavy atom. The summed E-state index contributed by atoms with van der Waals surface area (Å²) in [4.78, 5) is 31.1.